The normalized spacial score (nSPS) is 12.1. The molecule has 21 heavy (non-hydrogen) atoms. The first-order chi connectivity index (χ1) is 9.89. The Morgan fingerprint density at radius 1 is 1.38 bits per heavy atom. The first-order valence-corrected chi connectivity index (χ1v) is 7.46. The Bertz CT molecular complexity index is 506. The van der Waals surface area contributed by atoms with Gasteiger partial charge in [-0.1, -0.05) is 13.8 Å². The zero-order valence-electron chi connectivity index (χ0n) is 13.7. The highest BCUT2D eigenvalue weighted by Crippen LogP contribution is 2.24. The molecule has 0 radical (unpaired) electrons. The van der Waals surface area contributed by atoms with E-state index in [1.54, 1.807) is 10.8 Å². The van der Waals surface area contributed by atoms with Gasteiger partial charge in [-0.25, -0.2) is 0 Å². The largest absolute Gasteiger partial charge is 0.396 e. The minimum Gasteiger partial charge on any atom is -0.396 e. The van der Waals surface area contributed by atoms with Crippen LogP contribution >= 0.6 is 0 Å². The van der Waals surface area contributed by atoms with E-state index in [1.807, 2.05) is 34.7 Å². The molecular formula is C16H27N3O2. The maximum Gasteiger partial charge on any atom is 0.244 e. The molecule has 0 unspecified atom stereocenters. The van der Waals surface area contributed by atoms with E-state index < -0.39 is 0 Å². The zero-order chi connectivity index (χ0) is 16.0. The summed E-state index contributed by atoms with van der Waals surface area (Å²) in [5.74, 6) is -0.141. The number of nitrogens with one attached hydrogen (secondary N) is 1. The summed E-state index contributed by atoms with van der Waals surface area (Å²) in [4.78, 5) is 11.9. The maximum atomic E-state index is 11.9. The van der Waals surface area contributed by atoms with E-state index in [0.29, 0.717) is 6.54 Å². The van der Waals surface area contributed by atoms with E-state index in [9.17, 15) is 9.90 Å². The zero-order valence-corrected chi connectivity index (χ0v) is 13.7. The first kappa shape index (κ1) is 17.4. The minimum absolute atomic E-state index is 0.0881. The monoisotopic (exact) mass is 293 g/mol. The summed E-state index contributed by atoms with van der Waals surface area (Å²) in [5.41, 5.74) is 2.70. The van der Waals surface area contributed by atoms with Crippen LogP contribution in [0.5, 0.6) is 0 Å². The van der Waals surface area contributed by atoms with Crippen LogP contribution in [0, 0.1) is 19.3 Å². The molecule has 5 nitrogen and oxygen atoms in total. The second-order valence-electron chi connectivity index (χ2n) is 5.62. The SMILES string of the molecule is CCC(CC)(CO)CNC(=O)/C=C/c1c(C)nn(C)c1C. The Hall–Kier alpha value is -1.62. The summed E-state index contributed by atoms with van der Waals surface area (Å²) >= 11 is 0. The summed E-state index contributed by atoms with van der Waals surface area (Å²) < 4.78 is 1.80. The number of aliphatic hydroxyl groups is 1. The van der Waals surface area contributed by atoms with Crippen molar-refractivity contribution in [2.24, 2.45) is 12.5 Å². The van der Waals surface area contributed by atoms with Crippen LogP contribution in [0.2, 0.25) is 0 Å². The Morgan fingerprint density at radius 3 is 2.43 bits per heavy atom. The third-order valence-corrected chi connectivity index (χ3v) is 4.44. The van der Waals surface area contributed by atoms with E-state index in [1.165, 1.54) is 6.08 Å². The van der Waals surface area contributed by atoms with Crippen molar-refractivity contribution in [3.05, 3.63) is 23.0 Å². The van der Waals surface area contributed by atoms with Gasteiger partial charge in [-0.2, -0.15) is 5.10 Å². The van der Waals surface area contributed by atoms with Gasteiger partial charge in [-0.15, -0.1) is 0 Å². The van der Waals surface area contributed by atoms with E-state index in [0.717, 1.165) is 29.8 Å². The molecule has 0 aliphatic carbocycles. The molecule has 0 aromatic carbocycles. The molecule has 1 amide bonds. The number of amides is 1. The molecule has 2 N–H and O–H groups in total. The van der Waals surface area contributed by atoms with Crippen molar-refractivity contribution in [2.45, 2.75) is 40.5 Å². The van der Waals surface area contributed by atoms with Crippen LogP contribution in [-0.4, -0.2) is 33.9 Å². The fourth-order valence-electron chi connectivity index (χ4n) is 2.30. The Morgan fingerprint density at radius 2 is 2.00 bits per heavy atom. The average Bonchev–Trinajstić information content (AvgIpc) is 2.72. The molecule has 1 aromatic rings. The number of nitrogens with zero attached hydrogens (tertiary/aromatic N) is 2. The molecule has 0 atom stereocenters. The number of aliphatic hydroxyl groups excluding tert-OH is 1. The van der Waals surface area contributed by atoms with Crippen molar-refractivity contribution in [3.8, 4) is 0 Å². The highest BCUT2D eigenvalue weighted by Gasteiger charge is 2.25. The molecule has 0 aliphatic rings. The summed E-state index contributed by atoms with van der Waals surface area (Å²) in [6, 6.07) is 0. The van der Waals surface area contributed by atoms with Crippen molar-refractivity contribution >= 4 is 12.0 Å². The first-order valence-electron chi connectivity index (χ1n) is 7.46. The van der Waals surface area contributed by atoms with Gasteiger partial charge >= 0.3 is 0 Å². The molecular weight excluding hydrogens is 266 g/mol. The molecule has 1 rings (SSSR count). The number of hydrogen-bond donors (Lipinski definition) is 2. The quantitative estimate of drug-likeness (QED) is 0.755. The van der Waals surface area contributed by atoms with Gasteiger partial charge in [0.15, 0.2) is 0 Å². The number of aromatic nitrogens is 2. The summed E-state index contributed by atoms with van der Waals surface area (Å²) in [5, 5.41) is 16.7. The van der Waals surface area contributed by atoms with Gasteiger partial charge in [-0.3, -0.25) is 9.48 Å². The minimum atomic E-state index is -0.219. The fourth-order valence-corrected chi connectivity index (χ4v) is 2.30. The molecule has 0 aliphatic heterocycles. The topological polar surface area (TPSA) is 67.2 Å². The molecule has 118 valence electrons. The van der Waals surface area contributed by atoms with Gasteiger partial charge in [0, 0.05) is 36.3 Å². The Kier molecular flexibility index (Phi) is 6.15. The average molecular weight is 293 g/mol. The van der Waals surface area contributed by atoms with Gasteiger partial charge in [-0.05, 0) is 32.8 Å². The van der Waals surface area contributed by atoms with Crippen molar-refractivity contribution in [1.29, 1.82) is 0 Å². The van der Waals surface area contributed by atoms with Gasteiger partial charge in [0.25, 0.3) is 0 Å². The lowest BCUT2D eigenvalue weighted by molar-refractivity contribution is -0.117. The van der Waals surface area contributed by atoms with Crippen LogP contribution in [0.1, 0.15) is 43.6 Å². The van der Waals surface area contributed by atoms with Crippen LogP contribution in [0.4, 0.5) is 0 Å². The Balaban J connectivity index is 2.67. The molecule has 1 heterocycles. The van der Waals surface area contributed by atoms with Crippen LogP contribution in [0.15, 0.2) is 6.08 Å². The van der Waals surface area contributed by atoms with Crippen molar-refractivity contribution in [2.75, 3.05) is 13.2 Å². The van der Waals surface area contributed by atoms with Crippen LogP contribution in [-0.2, 0) is 11.8 Å². The lowest BCUT2D eigenvalue weighted by Crippen LogP contribution is -2.38. The lowest BCUT2D eigenvalue weighted by atomic mass is 9.83. The summed E-state index contributed by atoms with van der Waals surface area (Å²) in [7, 11) is 1.89. The second kappa shape index (κ2) is 7.41. The number of aryl methyl sites for hydroxylation is 2. The summed E-state index contributed by atoms with van der Waals surface area (Å²) in [6.07, 6.45) is 5.01. The van der Waals surface area contributed by atoms with Gasteiger partial charge in [0.1, 0.15) is 0 Å². The van der Waals surface area contributed by atoms with Crippen molar-refractivity contribution in [1.82, 2.24) is 15.1 Å². The Labute approximate surface area is 127 Å². The molecule has 0 spiro atoms. The number of carbonyl (C=O) groups is 1. The van der Waals surface area contributed by atoms with Gasteiger partial charge in [0.2, 0.25) is 5.91 Å². The highest BCUT2D eigenvalue weighted by molar-refractivity contribution is 5.92. The van der Waals surface area contributed by atoms with E-state index in [-0.39, 0.29) is 17.9 Å². The standard InChI is InChI=1S/C16H27N3O2/c1-6-16(7-2,11-20)10-17-15(21)9-8-14-12(3)18-19(5)13(14)4/h8-9,20H,6-7,10-11H2,1-5H3,(H,17,21)/b9-8+. The predicted octanol–water partition coefficient (Wildman–Crippen LogP) is 1.97. The van der Waals surface area contributed by atoms with Gasteiger partial charge < -0.3 is 10.4 Å². The smallest absolute Gasteiger partial charge is 0.244 e. The van der Waals surface area contributed by atoms with E-state index in [2.05, 4.69) is 10.4 Å². The van der Waals surface area contributed by atoms with Crippen molar-refractivity contribution in [3.63, 3.8) is 0 Å². The molecule has 0 fully saturated rings. The lowest BCUT2D eigenvalue weighted by Gasteiger charge is -2.29. The van der Waals surface area contributed by atoms with Crippen LogP contribution < -0.4 is 5.32 Å². The second-order valence-corrected chi connectivity index (χ2v) is 5.62. The predicted molar refractivity (Wildman–Crippen MR) is 84.8 cm³/mol. The molecule has 5 heteroatoms. The van der Waals surface area contributed by atoms with E-state index >= 15 is 0 Å². The van der Waals surface area contributed by atoms with E-state index in [4.69, 9.17) is 0 Å². The van der Waals surface area contributed by atoms with Crippen LogP contribution in [0.25, 0.3) is 6.08 Å². The maximum absolute atomic E-state index is 11.9. The van der Waals surface area contributed by atoms with Crippen molar-refractivity contribution < 1.29 is 9.90 Å². The number of carbonyl (C=O) groups excluding carboxylic acids is 1. The third-order valence-electron chi connectivity index (χ3n) is 4.44. The molecule has 0 saturated heterocycles. The fraction of sp³-hybridized carbons (Fsp3) is 0.625. The molecule has 0 saturated carbocycles. The highest BCUT2D eigenvalue weighted by atomic mass is 16.3. The van der Waals surface area contributed by atoms with Crippen LogP contribution in [0.3, 0.4) is 0 Å². The summed E-state index contributed by atoms with van der Waals surface area (Å²) in [6.45, 7) is 8.54. The molecule has 1 aromatic heterocycles. The van der Waals surface area contributed by atoms with Gasteiger partial charge in [0.05, 0.1) is 12.3 Å². The number of hydrogen-bond acceptors (Lipinski definition) is 3. The molecule has 0 bridgehead atoms. The number of rotatable bonds is 7. The third kappa shape index (κ3) is 4.17.